The average Bonchev–Trinajstić information content (AvgIpc) is 1.77. The Labute approximate surface area is 57.6 Å². The van der Waals surface area contributed by atoms with Crippen molar-refractivity contribution in [1.82, 2.24) is 5.06 Å². The van der Waals surface area contributed by atoms with Crippen LogP contribution >= 0.6 is 15.9 Å². The minimum Gasteiger partial charge on any atom is -0.313 e. The summed E-state index contributed by atoms with van der Waals surface area (Å²) in [6.07, 6.45) is 3.42. The van der Waals surface area contributed by atoms with Gasteiger partial charge in [0.1, 0.15) is 0 Å². The van der Waals surface area contributed by atoms with Crippen LogP contribution in [0.15, 0.2) is 0 Å². The topological polar surface area (TPSA) is 23.5 Å². The van der Waals surface area contributed by atoms with Crippen molar-refractivity contribution in [2.75, 3.05) is 6.54 Å². The van der Waals surface area contributed by atoms with E-state index in [0.717, 1.165) is 19.4 Å². The van der Waals surface area contributed by atoms with Gasteiger partial charge in [0.25, 0.3) is 0 Å². The van der Waals surface area contributed by atoms with Crippen molar-refractivity contribution in [3.8, 4) is 0 Å². The molecule has 0 aromatic heterocycles. The third-order valence-corrected chi connectivity index (χ3v) is 2.33. The maximum atomic E-state index is 8.96. The quantitative estimate of drug-likeness (QED) is 0.451. The van der Waals surface area contributed by atoms with Crippen molar-refractivity contribution in [1.29, 1.82) is 0 Å². The Morgan fingerprint density at radius 3 is 2.62 bits per heavy atom. The molecule has 1 unspecified atom stereocenters. The van der Waals surface area contributed by atoms with Crippen LogP contribution in [0.25, 0.3) is 0 Å². The van der Waals surface area contributed by atoms with E-state index in [1.165, 1.54) is 11.5 Å². The first-order valence-corrected chi connectivity index (χ1v) is 3.82. The highest BCUT2D eigenvalue weighted by molar-refractivity contribution is 9.09. The van der Waals surface area contributed by atoms with Crippen LogP contribution in [0.1, 0.15) is 19.3 Å². The van der Waals surface area contributed by atoms with Crippen LogP contribution in [0.3, 0.4) is 0 Å². The van der Waals surface area contributed by atoms with Crippen molar-refractivity contribution in [3.63, 3.8) is 0 Å². The van der Waals surface area contributed by atoms with Gasteiger partial charge in [-0.15, -0.1) is 0 Å². The second-order valence-electron chi connectivity index (χ2n) is 2.09. The van der Waals surface area contributed by atoms with E-state index in [2.05, 4.69) is 15.9 Å². The number of piperidine rings is 1. The molecule has 0 aliphatic carbocycles. The van der Waals surface area contributed by atoms with Crippen molar-refractivity contribution in [2.45, 2.75) is 24.2 Å². The number of alkyl halides is 1. The molecule has 2 nitrogen and oxygen atoms in total. The molecule has 1 saturated heterocycles. The molecule has 3 heteroatoms. The molecule has 1 aliphatic rings. The van der Waals surface area contributed by atoms with Crippen LogP contribution in [0.4, 0.5) is 0 Å². The summed E-state index contributed by atoms with van der Waals surface area (Å²) in [5, 5.41) is 10.3. The Kier molecular flexibility index (Phi) is 2.28. The molecule has 48 valence electrons. The summed E-state index contributed by atoms with van der Waals surface area (Å²) in [4.78, 5) is 0.205. The van der Waals surface area contributed by atoms with Gasteiger partial charge in [0.2, 0.25) is 0 Å². The fraction of sp³-hybridized carbons (Fsp3) is 1.00. The van der Waals surface area contributed by atoms with Gasteiger partial charge >= 0.3 is 0 Å². The predicted octanol–water partition coefficient (Wildman–Crippen LogP) is 1.58. The third-order valence-electron chi connectivity index (χ3n) is 1.40. The Morgan fingerprint density at radius 2 is 2.25 bits per heavy atom. The summed E-state index contributed by atoms with van der Waals surface area (Å²) in [5.74, 6) is 0. The van der Waals surface area contributed by atoms with Crippen molar-refractivity contribution in [2.24, 2.45) is 0 Å². The molecule has 0 radical (unpaired) electrons. The summed E-state index contributed by atoms with van der Waals surface area (Å²) >= 11 is 3.33. The first-order chi connectivity index (χ1) is 3.80. The van der Waals surface area contributed by atoms with E-state index < -0.39 is 0 Å². The van der Waals surface area contributed by atoms with Gasteiger partial charge in [-0.05, 0) is 19.3 Å². The number of nitrogens with zero attached hydrogens (tertiary/aromatic N) is 1. The molecule has 1 aliphatic heterocycles. The molecule has 1 rings (SSSR count). The Balaban J connectivity index is 2.28. The second-order valence-corrected chi connectivity index (χ2v) is 3.15. The number of hydrogen-bond donors (Lipinski definition) is 1. The molecule has 0 aromatic rings. The van der Waals surface area contributed by atoms with E-state index in [-0.39, 0.29) is 4.95 Å². The molecule has 1 atom stereocenters. The SMILES string of the molecule is ON1CCCCC1Br. The Hall–Kier alpha value is 0.400. The van der Waals surface area contributed by atoms with Gasteiger partial charge < -0.3 is 5.21 Å². The molecular weight excluding hydrogens is 170 g/mol. The second kappa shape index (κ2) is 2.80. The zero-order valence-corrected chi connectivity index (χ0v) is 6.26. The van der Waals surface area contributed by atoms with Gasteiger partial charge in [0.05, 0.1) is 4.95 Å². The Bertz CT molecular complexity index is 68.8. The minimum absolute atomic E-state index is 0.205. The normalized spacial score (nSPS) is 33.0. The van der Waals surface area contributed by atoms with Crippen molar-refractivity contribution < 1.29 is 5.21 Å². The summed E-state index contributed by atoms with van der Waals surface area (Å²) in [7, 11) is 0. The highest BCUT2D eigenvalue weighted by Crippen LogP contribution is 2.18. The van der Waals surface area contributed by atoms with Gasteiger partial charge in [0, 0.05) is 6.54 Å². The van der Waals surface area contributed by atoms with Gasteiger partial charge in [-0.3, -0.25) is 0 Å². The fourth-order valence-electron chi connectivity index (χ4n) is 0.876. The standard InChI is InChI=1S/C5H10BrNO/c6-5-3-1-2-4-7(5)8/h5,8H,1-4H2. The zero-order valence-electron chi connectivity index (χ0n) is 4.68. The molecule has 1 heterocycles. The monoisotopic (exact) mass is 179 g/mol. The summed E-state index contributed by atoms with van der Waals surface area (Å²) < 4.78 is 0. The van der Waals surface area contributed by atoms with Crippen molar-refractivity contribution >= 4 is 15.9 Å². The number of hydroxylamine groups is 2. The van der Waals surface area contributed by atoms with Crippen LogP contribution < -0.4 is 0 Å². The number of halogens is 1. The van der Waals surface area contributed by atoms with Gasteiger partial charge in [0.15, 0.2) is 0 Å². The molecule has 8 heavy (non-hydrogen) atoms. The molecule has 0 bridgehead atoms. The highest BCUT2D eigenvalue weighted by atomic mass is 79.9. The van der Waals surface area contributed by atoms with E-state index in [1.54, 1.807) is 0 Å². The third kappa shape index (κ3) is 1.44. The van der Waals surface area contributed by atoms with Crippen LogP contribution in [0, 0.1) is 0 Å². The molecule has 0 aromatic carbocycles. The average molecular weight is 180 g/mol. The van der Waals surface area contributed by atoms with Crippen LogP contribution in [-0.4, -0.2) is 21.8 Å². The van der Waals surface area contributed by atoms with E-state index in [9.17, 15) is 0 Å². The lowest BCUT2D eigenvalue weighted by molar-refractivity contribution is -0.113. The summed E-state index contributed by atoms with van der Waals surface area (Å²) in [6, 6.07) is 0. The largest absolute Gasteiger partial charge is 0.313 e. The van der Waals surface area contributed by atoms with E-state index in [1.807, 2.05) is 0 Å². The molecule has 0 amide bonds. The maximum absolute atomic E-state index is 8.96. The van der Waals surface area contributed by atoms with Gasteiger partial charge in [-0.2, -0.15) is 5.06 Å². The first kappa shape index (κ1) is 6.52. The molecular formula is C5H10BrNO. The van der Waals surface area contributed by atoms with Gasteiger partial charge in [-0.1, -0.05) is 15.9 Å². The fourth-order valence-corrected chi connectivity index (χ4v) is 1.40. The molecule has 1 N–H and O–H groups in total. The van der Waals surface area contributed by atoms with E-state index >= 15 is 0 Å². The summed E-state index contributed by atoms with van der Waals surface area (Å²) in [6.45, 7) is 0.815. The highest BCUT2D eigenvalue weighted by Gasteiger charge is 2.16. The molecule has 0 spiro atoms. The van der Waals surface area contributed by atoms with E-state index in [0.29, 0.717) is 0 Å². The maximum Gasteiger partial charge on any atom is 0.0899 e. The smallest absolute Gasteiger partial charge is 0.0899 e. The number of rotatable bonds is 0. The lowest BCUT2D eigenvalue weighted by Gasteiger charge is -2.25. The first-order valence-electron chi connectivity index (χ1n) is 2.90. The van der Waals surface area contributed by atoms with Crippen LogP contribution in [0.2, 0.25) is 0 Å². The predicted molar refractivity (Wildman–Crippen MR) is 35.1 cm³/mol. The zero-order chi connectivity index (χ0) is 5.98. The van der Waals surface area contributed by atoms with E-state index in [4.69, 9.17) is 5.21 Å². The lowest BCUT2D eigenvalue weighted by Crippen LogP contribution is -2.31. The minimum atomic E-state index is 0.205. The molecule has 1 fully saturated rings. The lowest BCUT2D eigenvalue weighted by atomic mass is 10.2. The van der Waals surface area contributed by atoms with Crippen LogP contribution in [0.5, 0.6) is 0 Å². The summed E-state index contributed by atoms with van der Waals surface area (Å²) in [5.41, 5.74) is 0. The molecule has 0 saturated carbocycles. The van der Waals surface area contributed by atoms with Crippen LogP contribution in [-0.2, 0) is 0 Å². The number of hydrogen-bond acceptors (Lipinski definition) is 2. The Morgan fingerprint density at radius 1 is 1.50 bits per heavy atom. The van der Waals surface area contributed by atoms with Crippen molar-refractivity contribution in [3.05, 3.63) is 0 Å². The van der Waals surface area contributed by atoms with Gasteiger partial charge in [-0.25, -0.2) is 0 Å².